The van der Waals surface area contributed by atoms with Gasteiger partial charge in [0.05, 0.1) is 0 Å². The first-order chi connectivity index (χ1) is 3.91. The van der Waals surface area contributed by atoms with Crippen molar-refractivity contribution in [2.24, 2.45) is 0 Å². The third kappa shape index (κ3) is 0.695. The molecule has 2 heteroatoms. The smallest absolute Gasteiger partial charge is 0.0271 e. The molecule has 46 valence electrons. The SMILES string of the molecule is C1CC2(C1)CCSS2. The fraction of sp³-hybridized carbons (Fsp3) is 1.00. The van der Waals surface area contributed by atoms with Crippen LogP contribution in [0.3, 0.4) is 0 Å². The third-order valence-electron chi connectivity index (χ3n) is 2.14. The van der Waals surface area contributed by atoms with Crippen molar-refractivity contribution in [3.8, 4) is 0 Å². The second kappa shape index (κ2) is 1.84. The normalized spacial score (nSPS) is 33.0. The average Bonchev–Trinajstić information content (AvgIpc) is 2.07. The Balaban J connectivity index is 2.01. The fourth-order valence-electron chi connectivity index (χ4n) is 1.34. The lowest BCUT2D eigenvalue weighted by atomic mass is 9.82. The summed E-state index contributed by atoms with van der Waals surface area (Å²) in [5, 5.41) is 0. The zero-order chi connectivity index (χ0) is 5.45. The molecule has 2 fully saturated rings. The van der Waals surface area contributed by atoms with Crippen molar-refractivity contribution in [1.29, 1.82) is 0 Å². The fourth-order valence-corrected chi connectivity index (χ4v) is 4.92. The molecule has 0 unspecified atom stereocenters. The Morgan fingerprint density at radius 3 is 2.25 bits per heavy atom. The maximum absolute atomic E-state index is 2.15. The molecule has 1 spiro atoms. The van der Waals surface area contributed by atoms with Gasteiger partial charge in [0.1, 0.15) is 0 Å². The van der Waals surface area contributed by atoms with Crippen LogP contribution in [0.1, 0.15) is 25.7 Å². The summed E-state index contributed by atoms with van der Waals surface area (Å²) < 4.78 is 0.796. The Hall–Kier alpha value is 0.700. The van der Waals surface area contributed by atoms with Gasteiger partial charge in [0.25, 0.3) is 0 Å². The summed E-state index contributed by atoms with van der Waals surface area (Å²) >= 11 is 0. The molecule has 0 aromatic carbocycles. The van der Waals surface area contributed by atoms with Crippen molar-refractivity contribution in [3.05, 3.63) is 0 Å². The van der Waals surface area contributed by atoms with Crippen LogP contribution in [0.2, 0.25) is 0 Å². The first-order valence-corrected chi connectivity index (χ1v) is 5.54. The summed E-state index contributed by atoms with van der Waals surface area (Å²) in [4.78, 5) is 0. The van der Waals surface area contributed by atoms with Gasteiger partial charge < -0.3 is 0 Å². The van der Waals surface area contributed by atoms with Crippen molar-refractivity contribution < 1.29 is 0 Å². The van der Waals surface area contributed by atoms with Crippen LogP contribution in [0, 0.1) is 0 Å². The molecule has 1 aliphatic carbocycles. The second-order valence-electron chi connectivity index (χ2n) is 2.69. The molecule has 0 bridgehead atoms. The predicted octanol–water partition coefficient (Wildman–Crippen LogP) is 2.69. The molecule has 8 heavy (non-hydrogen) atoms. The lowest BCUT2D eigenvalue weighted by Gasteiger charge is -2.35. The van der Waals surface area contributed by atoms with Crippen LogP contribution >= 0.6 is 21.6 Å². The van der Waals surface area contributed by atoms with Crippen LogP contribution in [-0.2, 0) is 0 Å². The Kier molecular flexibility index (Phi) is 1.26. The van der Waals surface area contributed by atoms with E-state index in [1.54, 1.807) is 0 Å². The van der Waals surface area contributed by atoms with E-state index in [0.717, 1.165) is 4.75 Å². The minimum absolute atomic E-state index is 0.796. The van der Waals surface area contributed by atoms with E-state index in [-0.39, 0.29) is 0 Å². The highest BCUT2D eigenvalue weighted by Crippen LogP contribution is 2.57. The van der Waals surface area contributed by atoms with Crippen molar-refractivity contribution in [2.45, 2.75) is 30.4 Å². The molecule has 2 aliphatic rings. The molecule has 0 aromatic heterocycles. The molecular weight excluding hydrogens is 136 g/mol. The highest BCUT2D eigenvalue weighted by Gasteiger charge is 2.40. The molecule has 0 amide bonds. The van der Waals surface area contributed by atoms with Crippen LogP contribution < -0.4 is 0 Å². The first kappa shape index (κ1) is 5.48. The second-order valence-corrected chi connectivity index (χ2v) is 5.58. The maximum Gasteiger partial charge on any atom is 0.0271 e. The highest BCUT2D eigenvalue weighted by atomic mass is 33.1. The van der Waals surface area contributed by atoms with Crippen LogP contribution in [0.5, 0.6) is 0 Å². The monoisotopic (exact) mass is 146 g/mol. The quantitative estimate of drug-likeness (QED) is 0.482. The van der Waals surface area contributed by atoms with E-state index in [1.807, 2.05) is 0 Å². The van der Waals surface area contributed by atoms with Gasteiger partial charge in [0, 0.05) is 10.5 Å². The lowest BCUT2D eigenvalue weighted by Crippen LogP contribution is -2.29. The molecular formula is C6H10S2. The van der Waals surface area contributed by atoms with Gasteiger partial charge in [-0.1, -0.05) is 28.0 Å². The molecule has 1 heterocycles. The van der Waals surface area contributed by atoms with E-state index in [0.29, 0.717) is 0 Å². The van der Waals surface area contributed by atoms with E-state index in [9.17, 15) is 0 Å². The van der Waals surface area contributed by atoms with Crippen molar-refractivity contribution in [3.63, 3.8) is 0 Å². The Labute approximate surface area is 58.2 Å². The Bertz CT molecular complexity index is 88.7. The topological polar surface area (TPSA) is 0 Å². The molecule has 1 aliphatic heterocycles. The van der Waals surface area contributed by atoms with Gasteiger partial charge in [-0.25, -0.2) is 0 Å². The molecule has 2 rings (SSSR count). The number of hydrogen-bond donors (Lipinski definition) is 0. The van der Waals surface area contributed by atoms with E-state index in [1.165, 1.54) is 31.4 Å². The van der Waals surface area contributed by atoms with E-state index < -0.39 is 0 Å². The maximum atomic E-state index is 2.15. The third-order valence-corrected chi connectivity index (χ3v) is 5.51. The van der Waals surface area contributed by atoms with Crippen molar-refractivity contribution >= 4 is 21.6 Å². The first-order valence-electron chi connectivity index (χ1n) is 3.22. The molecule has 0 radical (unpaired) electrons. The summed E-state index contributed by atoms with van der Waals surface area (Å²) in [6, 6.07) is 0. The van der Waals surface area contributed by atoms with E-state index >= 15 is 0 Å². The summed E-state index contributed by atoms with van der Waals surface area (Å²) in [6.45, 7) is 0. The van der Waals surface area contributed by atoms with Crippen molar-refractivity contribution in [1.82, 2.24) is 0 Å². The molecule has 0 nitrogen and oxygen atoms in total. The Morgan fingerprint density at radius 1 is 1.12 bits per heavy atom. The van der Waals surface area contributed by atoms with Gasteiger partial charge >= 0.3 is 0 Å². The van der Waals surface area contributed by atoms with Gasteiger partial charge in [0.2, 0.25) is 0 Å². The predicted molar refractivity (Wildman–Crippen MR) is 41.2 cm³/mol. The van der Waals surface area contributed by atoms with Crippen LogP contribution in [-0.4, -0.2) is 10.5 Å². The summed E-state index contributed by atoms with van der Waals surface area (Å²) in [5.74, 6) is 1.41. The van der Waals surface area contributed by atoms with Crippen molar-refractivity contribution in [2.75, 3.05) is 5.75 Å². The van der Waals surface area contributed by atoms with Gasteiger partial charge in [-0.05, 0) is 19.3 Å². The summed E-state index contributed by atoms with van der Waals surface area (Å²) in [5.41, 5.74) is 0. The largest absolute Gasteiger partial charge is 0.0935 e. The summed E-state index contributed by atoms with van der Waals surface area (Å²) in [7, 11) is 4.22. The lowest BCUT2D eigenvalue weighted by molar-refractivity contribution is 0.361. The molecule has 1 saturated heterocycles. The highest BCUT2D eigenvalue weighted by molar-refractivity contribution is 8.77. The summed E-state index contributed by atoms with van der Waals surface area (Å²) in [6.07, 6.45) is 5.99. The molecule has 0 N–H and O–H groups in total. The number of rotatable bonds is 0. The average molecular weight is 146 g/mol. The standard InChI is InChI=1S/C6H10S2/c1-2-6(3-1)4-5-7-8-6/h1-5H2. The van der Waals surface area contributed by atoms with E-state index in [4.69, 9.17) is 0 Å². The molecule has 0 aromatic rings. The Morgan fingerprint density at radius 2 is 2.00 bits per heavy atom. The van der Waals surface area contributed by atoms with Crippen LogP contribution in [0.4, 0.5) is 0 Å². The van der Waals surface area contributed by atoms with Gasteiger partial charge in [-0.15, -0.1) is 0 Å². The van der Waals surface area contributed by atoms with Crippen LogP contribution in [0.15, 0.2) is 0 Å². The zero-order valence-corrected chi connectivity index (χ0v) is 6.49. The molecule has 1 saturated carbocycles. The minimum Gasteiger partial charge on any atom is -0.0935 e. The van der Waals surface area contributed by atoms with Gasteiger partial charge in [0.15, 0.2) is 0 Å². The van der Waals surface area contributed by atoms with E-state index in [2.05, 4.69) is 21.6 Å². The van der Waals surface area contributed by atoms with Gasteiger partial charge in [-0.2, -0.15) is 0 Å². The number of hydrogen-bond acceptors (Lipinski definition) is 2. The van der Waals surface area contributed by atoms with Gasteiger partial charge in [-0.3, -0.25) is 0 Å². The zero-order valence-electron chi connectivity index (χ0n) is 4.85. The minimum atomic E-state index is 0.796. The molecule has 0 atom stereocenters. The van der Waals surface area contributed by atoms with Crippen LogP contribution in [0.25, 0.3) is 0 Å².